The number of hydrogen-bond donors (Lipinski definition) is 1. The van der Waals surface area contributed by atoms with Gasteiger partial charge in [0.1, 0.15) is 0 Å². The molecule has 0 bridgehead atoms. The second-order valence-corrected chi connectivity index (χ2v) is 4.16. The zero-order chi connectivity index (χ0) is 14.4. The summed E-state index contributed by atoms with van der Waals surface area (Å²) in [5.74, 6) is 0. The van der Waals surface area contributed by atoms with Gasteiger partial charge in [-0.1, -0.05) is 11.3 Å². The van der Waals surface area contributed by atoms with E-state index in [-0.39, 0.29) is 5.56 Å². The average Bonchev–Trinajstić information content (AvgIpc) is 2.49. The molecule has 0 fully saturated rings. The molecule has 0 aliphatic heterocycles. The van der Waals surface area contributed by atoms with Gasteiger partial charge in [-0.05, 0) is 32.0 Å². The highest BCUT2D eigenvalue weighted by Crippen LogP contribution is 2.19. The van der Waals surface area contributed by atoms with E-state index in [4.69, 9.17) is 0 Å². The van der Waals surface area contributed by atoms with E-state index in [1.165, 1.54) is 6.07 Å². The van der Waals surface area contributed by atoms with Crippen molar-refractivity contribution in [1.29, 1.82) is 0 Å². The van der Waals surface area contributed by atoms with Crippen molar-refractivity contribution in [2.45, 2.75) is 13.8 Å². The normalized spacial score (nSPS) is 10.9. The van der Waals surface area contributed by atoms with E-state index in [9.17, 15) is 4.79 Å². The highest BCUT2D eigenvalue weighted by molar-refractivity contribution is 5.58. The van der Waals surface area contributed by atoms with Gasteiger partial charge in [0.05, 0.1) is 17.1 Å². The van der Waals surface area contributed by atoms with Gasteiger partial charge < -0.3 is 4.98 Å². The first-order valence-corrected chi connectivity index (χ1v) is 6.55. The van der Waals surface area contributed by atoms with Crippen LogP contribution in [0, 0.1) is 0 Å². The summed E-state index contributed by atoms with van der Waals surface area (Å²) in [5, 5.41) is 10.2. The summed E-state index contributed by atoms with van der Waals surface area (Å²) in [5.41, 5.74) is 1.88. The van der Waals surface area contributed by atoms with Crippen LogP contribution in [-0.2, 0) is 0 Å². The van der Waals surface area contributed by atoms with E-state index < -0.39 is 0 Å². The van der Waals surface area contributed by atoms with E-state index in [0.29, 0.717) is 17.1 Å². The Morgan fingerprint density at radius 1 is 1.25 bits per heavy atom. The molecular weight excluding hydrogens is 254 g/mol. The van der Waals surface area contributed by atoms with E-state index in [1.54, 1.807) is 30.5 Å². The Labute approximate surface area is 117 Å². The lowest BCUT2D eigenvalue weighted by Gasteiger charge is -2.11. The molecule has 2 heterocycles. The third-order valence-corrected chi connectivity index (χ3v) is 2.80. The van der Waals surface area contributed by atoms with Crippen molar-refractivity contribution in [1.82, 2.24) is 15.0 Å². The molecule has 6 heteroatoms. The van der Waals surface area contributed by atoms with Gasteiger partial charge in [-0.3, -0.25) is 14.8 Å². The molecule has 0 radical (unpaired) electrons. The quantitative estimate of drug-likeness (QED) is 0.671. The first-order chi connectivity index (χ1) is 9.72. The van der Waals surface area contributed by atoms with Crippen LogP contribution in [0.15, 0.2) is 51.7 Å². The number of rotatable bonds is 5. The summed E-state index contributed by atoms with van der Waals surface area (Å²) in [7, 11) is 0. The number of nitrogens with one attached hydrogen (secondary N) is 1. The first-order valence-electron chi connectivity index (χ1n) is 6.55. The molecule has 104 valence electrons. The third-order valence-electron chi connectivity index (χ3n) is 2.80. The molecule has 0 amide bonds. The standard InChI is InChI=1S/C14H17N5O/c1-3-19(4-2)18-17-11-8-9-15-13(10-11)12-6-5-7-14(20)16-12/h5-10H,3-4H2,1-2H3,(H,16,20). The molecule has 0 spiro atoms. The van der Waals surface area contributed by atoms with Crippen LogP contribution < -0.4 is 5.56 Å². The number of aromatic amines is 1. The predicted octanol–water partition coefficient (Wildman–Crippen LogP) is 2.78. The Bertz CT molecular complexity index is 646. The van der Waals surface area contributed by atoms with Crippen molar-refractivity contribution < 1.29 is 0 Å². The summed E-state index contributed by atoms with van der Waals surface area (Å²) in [4.78, 5) is 18.3. The minimum Gasteiger partial charge on any atom is -0.321 e. The number of aromatic nitrogens is 2. The Kier molecular flexibility index (Phi) is 4.60. The van der Waals surface area contributed by atoms with Crippen LogP contribution in [0.25, 0.3) is 11.4 Å². The molecule has 0 saturated heterocycles. The zero-order valence-corrected chi connectivity index (χ0v) is 11.6. The largest absolute Gasteiger partial charge is 0.321 e. The molecule has 0 unspecified atom stereocenters. The van der Waals surface area contributed by atoms with Gasteiger partial charge in [0.2, 0.25) is 5.56 Å². The molecular formula is C14H17N5O. The molecule has 20 heavy (non-hydrogen) atoms. The number of H-pyrrole nitrogens is 1. The van der Waals surface area contributed by atoms with Crippen molar-refractivity contribution in [3.8, 4) is 11.4 Å². The van der Waals surface area contributed by atoms with Crippen LogP contribution in [0.5, 0.6) is 0 Å². The van der Waals surface area contributed by atoms with Gasteiger partial charge in [-0.15, -0.1) is 5.11 Å². The summed E-state index contributed by atoms with van der Waals surface area (Å²) in [6, 6.07) is 8.53. The van der Waals surface area contributed by atoms with Gasteiger partial charge in [0.15, 0.2) is 0 Å². The highest BCUT2D eigenvalue weighted by atomic mass is 16.1. The van der Waals surface area contributed by atoms with Crippen molar-refractivity contribution in [3.05, 3.63) is 46.9 Å². The molecule has 2 aromatic rings. The maximum absolute atomic E-state index is 11.3. The molecule has 2 aromatic heterocycles. The molecule has 0 aromatic carbocycles. The Morgan fingerprint density at radius 2 is 2.05 bits per heavy atom. The maximum Gasteiger partial charge on any atom is 0.248 e. The molecule has 0 atom stereocenters. The topological polar surface area (TPSA) is 73.7 Å². The second-order valence-electron chi connectivity index (χ2n) is 4.16. The van der Waals surface area contributed by atoms with Crippen LogP contribution in [0.1, 0.15) is 13.8 Å². The minimum absolute atomic E-state index is 0.153. The van der Waals surface area contributed by atoms with E-state index in [2.05, 4.69) is 20.3 Å². The maximum atomic E-state index is 11.3. The molecule has 1 N–H and O–H groups in total. The fourth-order valence-electron chi connectivity index (χ4n) is 1.69. The van der Waals surface area contributed by atoms with E-state index >= 15 is 0 Å². The number of nitrogens with zero attached hydrogens (tertiary/aromatic N) is 4. The number of hydrogen-bond acceptors (Lipinski definition) is 4. The fraction of sp³-hybridized carbons (Fsp3) is 0.286. The summed E-state index contributed by atoms with van der Waals surface area (Å²) >= 11 is 0. The predicted molar refractivity (Wildman–Crippen MR) is 77.7 cm³/mol. The van der Waals surface area contributed by atoms with Crippen molar-refractivity contribution in [2.24, 2.45) is 10.3 Å². The SMILES string of the molecule is CCN(CC)N=Nc1ccnc(-c2cccc(=O)[nH]2)c1. The van der Waals surface area contributed by atoms with Gasteiger partial charge in [0, 0.05) is 25.4 Å². The Hall–Kier alpha value is -2.50. The average molecular weight is 271 g/mol. The summed E-state index contributed by atoms with van der Waals surface area (Å²) < 4.78 is 0. The lowest BCUT2D eigenvalue weighted by molar-refractivity contribution is 0.301. The molecule has 0 aliphatic rings. The lowest BCUT2D eigenvalue weighted by atomic mass is 10.2. The van der Waals surface area contributed by atoms with Gasteiger partial charge in [-0.2, -0.15) is 0 Å². The minimum atomic E-state index is -0.153. The lowest BCUT2D eigenvalue weighted by Crippen LogP contribution is -2.14. The van der Waals surface area contributed by atoms with Crippen LogP contribution in [0.4, 0.5) is 5.69 Å². The van der Waals surface area contributed by atoms with Crippen molar-refractivity contribution >= 4 is 5.69 Å². The summed E-state index contributed by atoms with van der Waals surface area (Å²) in [6.45, 7) is 5.66. The van der Waals surface area contributed by atoms with Crippen LogP contribution in [0.2, 0.25) is 0 Å². The number of pyridine rings is 2. The smallest absolute Gasteiger partial charge is 0.248 e. The third kappa shape index (κ3) is 3.50. The van der Waals surface area contributed by atoms with Gasteiger partial charge in [-0.25, -0.2) is 0 Å². The molecule has 0 aliphatic carbocycles. The Morgan fingerprint density at radius 3 is 2.75 bits per heavy atom. The van der Waals surface area contributed by atoms with Crippen LogP contribution >= 0.6 is 0 Å². The van der Waals surface area contributed by atoms with E-state index in [1.807, 2.05) is 18.9 Å². The Balaban J connectivity index is 2.26. The van der Waals surface area contributed by atoms with Gasteiger partial charge >= 0.3 is 0 Å². The molecule has 2 rings (SSSR count). The zero-order valence-electron chi connectivity index (χ0n) is 11.6. The van der Waals surface area contributed by atoms with Crippen LogP contribution in [-0.4, -0.2) is 28.1 Å². The summed E-state index contributed by atoms with van der Waals surface area (Å²) in [6.07, 6.45) is 1.65. The van der Waals surface area contributed by atoms with Crippen molar-refractivity contribution in [2.75, 3.05) is 13.1 Å². The van der Waals surface area contributed by atoms with Crippen molar-refractivity contribution in [3.63, 3.8) is 0 Å². The second kappa shape index (κ2) is 6.60. The fourth-order valence-corrected chi connectivity index (χ4v) is 1.69. The highest BCUT2D eigenvalue weighted by Gasteiger charge is 2.01. The monoisotopic (exact) mass is 271 g/mol. The molecule has 0 saturated carbocycles. The molecule has 6 nitrogen and oxygen atoms in total. The van der Waals surface area contributed by atoms with Crippen LogP contribution in [0.3, 0.4) is 0 Å². The van der Waals surface area contributed by atoms with E-state index in [0.717, 1.165) is 13.1 Å². The first kappa shape index (κ1) is 13.9. The van der Waals surface area contributed by atoms with Gasteiger partial charge in [0.25, 0.3) is 0 Å².